The molecule has 0 bridgehead atoms. The molecule has 286 valence electrons. The van der Waals surface area contributed by atoms with Gasteiger partial charge in [0.15, 0.2) is 5.65 Å². The number of anilines is 1. The van der Waals surface area contributed by atoms with Crippen LogP contribution in [0.5, 0.6) is 5.88 Å². The number of aryl methyl sites for hydroxylation is 3. The fourth-order valence-electron chi connectivity index (χ4n) is 7.59. The molecule has 1 fully saturated rings. The first kappa shape index (κ1) is 38.8. The molecule has 12 nitrogen and oxygen atoms in total. The summed E-state index contributed by atoms with van der Waals surface area (Å²) in [5.74, 6) is -0.416. The van der Waals surface area contributed by atoms with Crippen molar-refractivity contribution in [2.75, 3.05) is 11.3 Å². The number of hydrogen-bond donors (Lipinski definition) is 3. The number of carboxylic acids is 1. The van der Waals surface area contributed by atoms with Crippen LogP contribution >= 0.6 is 0 Å². The Morgan fingerprint density at radius 1 is 1.04 bits per heavy atom. The number of nitrogens with one attached hydrogen (secondary N) is 2. The van der Waals surface area contributed by atoms with E-state index in [0.717, 1.165) is 65.3 Å². The molecule has 13 heteroatoms. The summed E-state index contributed by atoms with van der Waals surface area (Å²) >= 11 is 0. The number of nitrogens with zero attached hydrogens (tertiary/aromatic N) is 5. The van der Waals surface area contributed by atoms with Gasteiger partial charge in [0, 0.05) is 35.8 Å². The Morgan fingerprint density at radius 2 is 1.76 bits per heavy atom. The van der Waals surface area contributed by atoms with Gasteiger partial charge in [0.05, 0.1) is 34.1 Å². The second-order valence-electron chi connectivity index (χ2n) is 15.9. The van der Waals surface area contributed by atoms with E-state index in [1.807, 2.05) is 45.3 Å². The van der Waals surface area contributed by atoms with Gasteiger partial charge in [-0.05, 0) is 80.3 Å². The predicted octanol–water partition coefficient (Wildman–Crippen LogP) is 7.76. The number of aromatic nitrogens is 5. The molecule has 0 unspecified atom stereocenters. The summed E-state index contributed by atoms with van der Waals surface area (Å²) in [6, 6.07) is 14.8. The van der Waals surface area contributed by atoms with Crippen LogP contribution in [0.25, 0.3) is 22.4 Å². The Kier molecular flexibility index (Phi) is 11.1. The molecular formula is C41H51N7O5S. The molecule has 0 aliphatic carbocycles. The Balaban J connectivity index is 1.33. The Bertz CT molecular complexity index is 2260. The van der Waals surface area contributed by atoms with Crippen LogP contribution in [0, 0.1) is 25.7 Å². The molecule has 5 aromatic rings. The maximum absolute atomic E-state index is 13.5. The first-order valence-electron chi connectivity index (χ1n) is 18.5. The molecule has 0 spiro atoms. The number of sulfonamides is 1. The van der Waals surface area contributed by atoms with Crippen molar-refractivity contribution < 1.29 is 23.1 Å². The largest absolute Gasteiger partial charge is 0.478 e. The van der Waals surface area contributed by atoms with Gasteiger partial charge in [0.1, 0.15) is 12.1 Å². The predicted molar refractivity (Wildman–Crippen MR) is 210 cm³/mol. The van der Waals surface area contributed by atoms with Gasteiger partial charge in [-0.25, -0.2) is 27.9 Å². The lowest BCUT2D eigenvalue weighted by Gasteiger charge is -2.29. The van der Waals surface area contributed by atoms with Gasteiger partial charge in [0.25, 0.3) is 10.0 Å². The molecule has 3 atom stereocenters. The van der Waals surface area contributed by atoms with E-state index < -0.39 is 16.0 Å². The van der Waals surface area contributed by atoms with E-state index in [-0.39, 0.29) is 46.4 Å². The molecule has 1 aliphatic heterocycles. The smallest absolute Gasteiger partial charge is 0.335 e. The quantitative estimate of drug-likeness (QED) is 0.122. The second-order valence-corrected chi connectivity index (χ2v) is 17.6. The zero-order valence-corrected chi connectivity index (χ0v) is 33.2. The maximum Gasteiger partial charge on any atom is 0.335 e. The molecule has 0 amide bonds. The van der Waals surface area contributed by atoms with Gasteiger partial charge in [0.2, 0.25) is 11.8 Å². The van der Waals surface area contributed by atoms with E-state index in [0.29, 0.717) is 17.5 Å². The van der Waals surface area contributed by atoms with Crippen LogP contribution in [0.2, 0.25) is 0 Å². The minimum absolute atomic E-state index is 0.0415. The molecule has 54 heavy (non-hydrogen) atoms. The van der Waals surface area contributed by atoms with Crippen LogP contribution in [-0.2, 0) is 22.5 Å². The Labute approximate surface area is 317 Å². The highest BCUT2D eigenvalue weighted by atomic mass is 32.2. The highest BCUT2D eigenvalue weighted by Crippen LogP contribution is 2.34. The zero-order chi connectivity index (χ0) is 38.9. The van der Waals surface area contributed by atoms with E-state index in [2.05, 4.69) is 65.3 Å². The number of carbonyl (C=O) groups is 1. The molecule has 3 N–H and O–H groups in total. The summed E-state index contributed by atoms with van der Waals surface area (Å²) in [4.78, 5) is 30.5. The van der Waals surface area contributed by atoms with Crippen molar-refractivity contribution in [1.29, 1.82) is 0 Å². The van der Waals surface area contributed by atoms with Crippen molar-refractivity contribution >= 4 is 33.1 Å². The molecule has 4 heterocycles. The van der Waals surface area contributed by atoms with Gasteiger partial charge >= 0.3 is 5.97 Å². The van der Waals surface area contributed by atoms with Gasteiger partial charge in [-0.15, -0.1) is 0 Å². The van der Waals surface area contributed by atoms with Crippen molar-refractivity contribution in [2.24, 2.45) is 18.9 Å². The van der Waals surface area contributed by atoms with Crippen LogP contribution in [0.3, 0.4) is 0 Å². The van der Waals surface area contributed by atoms with E-state index in [9.17, 15) is 18.3 Å². The first-order chi connectivity index (χ1) is 25.5. The molecule has 1 aliphatic rings. The monoisotopic (exact) mass is 753 g/mol. The van der Waals surface area contributed by atoms with E-state index >= 15 is 0 Å². The summed E-state index contributed by atoms with van der Waals surface area (Å²) < 4.78 is 38.2. The lowest BCUT2D eigenvalue weighted by Crippen LogP contribution is -2.42. The number of carboxylic acid groups (broad SMARTS) is 1. The number of benzene rings is 2. The van der Waals surface area contributed by atoms with Crippen LogP contribution in [0.1, 0.15) is 99.2 Å². The molecule has 6 rings (SSSR count). The molecule has 0 saturated carbocycles. The van der Waals surface area contributed by atoms with Crippen LogP contribution in [-0.4, -0.2) is 56.6 Å². The maximum atomic E-state index is 13.5. The average Bonchev–Trinajstić information content (AvgIpc) is 3.31. The molecular weight excluding hydrogens is 703 g/mol. The van der Waals surface area contributed by atoms with Crippen molar-refractivity contribution in [3.05, 3.63) is 88.9 Å². The first-order valence-corrected chi connectivity index (χ1v) is 20.0. The van der Waals surface area contributed by atoms with Crippen molar-refractivity contribution in [3.63, 3.8) is 0 Å². The van der Waals surface area contributed by atoms with E-state index in [1.165, 1.54) is 23.9 Å². The normalized spacial score (nSPS) is 18.1. The fraction of sp³-hybridized carbons (Fsp3) is 0.439. The third-order valence-corrected chi connectivity index (χ3v) is 11.5. The number of ether oxygens (including phenoxy) is 1. The summed E-state index contributed by atoms with van der Waals surface area (Å²) in [5.41, 5.74) is 6.86. The topological polar surface area (TPSA) is 161 Å². The summed E-state index contributed by atoms with van der Waals surface area (Å²) in [6.07, 6.45) is 5.83. The van der Waals surface area contributed by atoms with Gasteiger partial charge in [-0.2, -0.15) is 4.98 Å². The average molecular weight is 754 g/mol. The molecule has 2 aromatic carbocycles. The van der Waals surface area contributed by atoms with Crippen LogP contribution in [0.15, 0.2) is 65.7 Å². The van der Waals surface area contributed by atoms with Crippen molar-refractivity contribution in [2.45, 2.75) is 96.5 Å². The summed E-state index contributed by atoms with van der Waals surface area (Å²) in [5, 5.41) is 13.4. The SMILES string of the molecule is Cc1cccc(C)c1-c1cc(OC[C@@H]2N[C@H](c3cnc4cc(C(C)(C)C)n(C)c4n3)CCC[C@H]2CC(C)C)nc(NS(=O)(=O)c2cccc(C(=O)O)c2)n1. The molecule has 1 saturated heterocycles. The van der Waals surface area contributed by atoms with E-state index in [4.69, 9.17) is 14.7 Å². The minimum Gasteiger partial charge on any atom is -0.478 e. The third-order valence-electron chi connectivity index (χ3n) is 10.2. The zero-order valence-electron chi connectivity index (χ0n) is 32.3. The van der Waals surface area contributed by atoms with E-state index in [1.54, 1.807) is 6.07 Å². The highest BCUT2D eigenvalue weighted by molar-refractivity contribution is 7.92. The lowest BCUT2D eigenvalue weighted by molar-refractivity contribution is 0.0696. The lowest BCUT2D eigenvalue weighted by atomic mass is 9.87. The minimum atomic E-state index is -4.25. The standard InChI is InChI=1S/C41H51N7O5S/c1-24(2)18-27-14-11-17-30(33-22-42-32-20-35(41(5,6)7)48(8)38(32)44-33)43-34(27)23-53-36-21-31(37-25(3)12-9-13-26(37)4)45-40(46-36)47-54(51,52)29-16-10-15-28(19-29)39(49)50/h9-10,12-13,15-16,19-22,24,27,30,34,43H,11,14,17-18,23H2,1-8H3,(H,49,50)(H,45,46,47)/t27-,30-,34-/m0/s1. The van der Waals surface area contributed by atoms with Crippen LogP contribution in [0.4, 0.5) is 5.95 Å². The van der Waals surface area contributed by atoms with Gasteiger partial charge in [-0.1, -0.05) is 65.3 Å². The fourth-order valence-corrected chi connectivity index (χ4v) is 8.58. The summed E-state index contributed by atoms with van der Waals surface area (Å²) in [6.45, 7) is 15.2. The number of fused-ring (bicyclic) bond motifs is 1. The number of hydrogen-bond acceptors (Lipinski definition) is 9. The molecule has 3 aromatic heterocycles. The molecule has 0 radical (unpaired) electrons. The Morgan fingerprint density at radius 3 is 2.44 bits per heavy atom. The number of aromatic carboxylic acids is 1. The van der Waals surface area contributed by atoms with Crippen molar-refractivity contribution in [1.82, 2.24) is 29.8 Å². The van der Waals surface area contributed by atoms with Gasteiger partial charge in [-0.3, -0.25) is 4.98 Å². The number of rotatable bonds is 11. The second kappa shape index (κ2) is 15.5. The summed E-state index contributed by atoms with van der Waals surface area (Å²) in [7, 11) is -2.20. The Hall–Kier alpha value is -4.88. The van der Waals surface area contributed by atoms with Crippen LogP contribution < -0.4 is 14.8 Å². The third kappa shape index (κ3) is 8.57. The highest BCUT2D eigenvalue weighted by Gasteiger charge is 2.31. The van der Waals surface area contributed by atoms with Gasteiger partial charge < -0.3 is 19.7 Å². The van der Waals surface area contributed by atoms with Crippen molar-refractivity contribution in [3.8, 4) is 17.1 Å².